The Morgan fingerprint density at radius 2 is 2.08 bits per heavy atom. The van der Waals surface area contributed by atoms with E-state index in [4.69, 9.17) is 9.47 Å². The van der Waals surface area contributed by atoms with Gasteiger partial charge in [-0.2, -0.15) is 5.10 Å². The lowest BCUT2D eigenvalue weighted by atomic mass is 10.1. The molecule has 0 bridgehead atoms. The van der Waals surface area contributed by atoms with Gasteiger partial charge in [-0.3, -0.25) is 9.48 Å². The van der Waals surface area contributed by atoms with Crippen LogP contribution in [0.1, 0.15) is 42.7 Å². The predicted octanol–water partition coefficient (Wildman–Crippen LogP) is 2.94. The van der Waals surface area contributed by atoms with Crippen LogP contribution in [-0.4, -0.2) is 46.9 Å². The van der Waals surface area contributed by atoms with E-state index in [0.717, 1.165) is 23.7 Å². The van der Waals surface area contributed by atoms with Crippen LogP contribution in [-0.2, 0) is 6.54 Å². The van der Waals surface area contributed by atoms with E-state index in [0.29, 0.717) is 18.7 Å². The van der Waals surface area contributed by atoms with E-state index in [2.05, 4.69) is 5.10 Å². The van der Waals surface area contributed by atoms with Crippen molar-refractivity contribution in [2.75, 3.05) is 20.2 Å². The zero-order valence-corrected chi connectivity index (χ0v) is 15.2. The highest BCUT2D eigenvalue weighted by atomic mass is 16.6. The van der Waals surface area contributed by atoms with Crippen molar-refractivity contribution in [1.82, 2.24) is 14.7 Å². The van der Waals surface area contributed by atoms with Crippen molar-refractivity contribution in [2.24, 2.45) is 0 Å². The highest BCUT2D eigenvalue weighted by molar-refractivity contribution is 5.95. The first kappa shape index (κ1) is 17.3. The number of rotatable bonds is 5. The van der Waals surface area contributed by atoms with Gasteiger partial charge in [0, 0.05) is 19.8 Å². The van der Waals surface area contributed by atoms with Gasteiger partial charge in [0.25, 0.3) is 5.91 Å². The first-order valence-corrected chi connectivity index (χ1v) is 8.70. The quantitative estimate of drug-likeness (QED) is 0.837. The monoisotopic (exact) mass is 343 g/mol. The summed E-state index contributed by atoms with van der Waals surface area (Å²) < 4.78 is 13.5. The van der Waals surface area contributed by atoms with Gasteiger partial charge in [-0.25, -0.2) is 0 Å². The summed E-state index contributed by atoms with van der Waals surface area (Å²) in [5, 5.41) is 4.52. The van der Waals surface area contributed by atoms with Gasteiger partial charge in [-0.05, 0) is 25.0 Å². The minimum atomic E-state index is -0.187. The molecule has 1 aliphatic rings. The van der Waals surface area contributed by atoms with E-state index in [9.17, 15) is 4.79 Å². The summed E-state index contributed by atoms with van der Waals surface area (Å²) in [6, 6.07) is 7.59. The molecule has 2 aromatic rings. The van der Waals surface area contributed by atoms with Crippen LogP contribution in [0.3, 0.4) is 0 Å². The summed E-state index contributed by atoms with van der Waals surface area (Å²) in [6.45, 7) is 7.75. The molecule has 0 aliphatic carbocycles. The lowest BCUT2D eigenvalue weighted by Crippen LogP contribution is -2.42. The van der Waals surface area contributed by atoms with Gasteiger partial charge >= 0.3 is 0 Å². The standard InChI is InChI=1S/C19H25N3O3/c1-5-22-11-15(18(20-22)13(2)3)19(23)21(4)10-14-12-24-16-8-6-7-9-17(16)25-14/h6-9,11,13-14H,5,10,12H2,1-4H3/t14-/m0/s1. The summed E-state index contributed by atoms with van der Waals surface area (Å²) in [5.74, 6) is 1.63. The van der Waals surface area contributed by atoms with Gasteiger partial charge in [0.15, 0.2) is 17.6 Å². The van der Waals surface area contributed by atoms with Crippen molar-refractivity contribution in [2.45, 2.75) is 39.3 Å². The van der Waals surface area contributed by atoms with Crippen LogP contribution in [0, 0.1) is 0 Å². The molecule has 6 heteroatoms. The Labute approximate surface area is 148 Å². The van der Waals surface area contributed by atoms with Gasteiger partial charge in [0.1, 0.15) is 6.61 Å². The number of para-hydroxylation sites is 2. The number of ether oxygens (including phenoxy) is 2. The maximum Gasteiger partial charge on any atom is 0.257 e. The van der Waals surface area contributed by atoms with Gasteiger partial charge in [-0.15, -0.1) is 0 Å². The average molecular weight is 343 g/mol. The topological polar surface area (TPSA) is 56.6 Å². The number of likely N-dealkylation sites (N-methyl/N-ethyl adjacent to an activating group) is 1. The van der Waals surface area contributed by atoms with Crippen LogP contribution in [0.25, 0.3) is 0 Å². The van der Waals surface area contributed by atoms with Gasteiger partial charge < -0.3 is 14.4 Å². The molecule has 0 unspecified atom stereocenters. The fraction of sp³-hybridized carbons (Fsp3) is 0.474. The molecule has 1 aromatic carbocycles. The Morgan fingerprint density at radius 1 is 1.36 bits per heavy atom. The number of hydrogen-bond acceptors (Lipinski definition) is 4. The molecule has 1 aromatic heterocycles. The molecule has 1 aliphatic heterocycles. The minimum absolute atomic E-state index is 0.0362. The fourth-order valence-electron chi connectivity index (χ4n) is 2.94. The van der Waals surface area contributed by atoms with E-state index in [1.54, 1.807) is 11.9 Å². The number of hydrogen-bond donors (Lipinski definition) is 0. The zero-order valence-electron chi connectivity index (χ0n) is 15.2. The van der Waals surface area contributed by atoms with Crippen LogP contribution in [0.2, 0.25) is 0 Å². The summed E-state index contributed by atoms with van der Waals surface area (Å²) in [7, 11) is 1.79. The Bertz CT molecular complexity index is 754. The van der Waals surface area contributed by atoms with E-state index in [1.165, 1.54) is 0 Å². The number of aromatic nitrogens is 2. The zero-order chi connectivity index (χ0) is 18.0. The third kappa shape index (κ3) is 3.62. The number of amides is 1. The molecule has 0 N–H and O–H groups in total. The lowest BCUT2D eigenvalue weighted by molar-refractivity contribution is 0.0520. The number of carbonyl (C=O) groups is 1. The first-order chi connectivity index (χ1) is 12.0. The SMILES string of the molecule is CCn1cc(C(=O)N(C)C[C@H]2COc3ccccc3O2)c(C(C)C)n1. The van der Waals surface area contributed by atoms with Crippen LogP contribution < -0.4 is 9.47 Å². The van der Waals surface area contributed by atoms with Crippen LogP contribution in [0.15, 0.2) is 30.5 Å². The molecule has 6 nitrogen and oxygen atoms in total. The van der Waals surface area contributed by atoms with Crippen molar-refractivity contribution in [1.29, 1.82) is 0 Å². The number of benzene rings is 1. The van der Waals surface area contributed by atoms with E-state index < -0.39 is 0 Å². The fourth-order valence-corrected chi connectivity index (χ4v) is 2.94. The van der Waals surface area contributed by atoms with Crippen molar-refractivity contribution < 1.29 is 14.3 Å². The molecule has 0 saturated carbocycles. The highest BCUT2D eigenvalue weighted by Gasteiger charge is 2.26. The van der Waals surface area contributed by atoms with Gasteiger partial charge in [-0.1, -0.05) is 26.0 Å². The molecule has 2 heterocycles. The summed E-state index contributed by atoms with van der Waals surface area (Å²) in [5.41, 5.74) is 1.50. The number of aryl methyl sites for hydroxylation is 1. The molecule has 1 amide bonds. The highest BCUT2D eigenvalue weighted by Crippen LogP contribution is 2.31. The third-order valence-electron chi connectivity index (χ3n) is 4.28. The number of fused-ring (bicyclic) bond motifs is 1. The Balaban J connectivity index is 1.71. The van der Waals surface area contributed by atoms with E-state index in [-0.39, 0.29) is 17.9 Å². The second-order valence-electron chi connectivity index (χ2n) is 6.62. The first-order valence-electron chi connectivity index (χ1n) is 8.70. The Kier molecular flexibility index (Phi) is 4.97. The molecule has 134 valence electrons. The van der Waals surface area contributed by atoms with Crippen molar-refractivity contribution in [3.8, 4) is 11.5 Å². The number of nitrogens with zero attached hydrogens (tertiary/aromatic N) is 3. The number of carbonyl (C=O) groups excluding carboxylic acids is 1. The minimum Gasteiger partial charge on any atom is -0.486 e. The van der Waals surface area contributed by atoms with Crippen LogP contribution in [0.5, 0.6) is 11.5 Å². The second kappa shape index (κ2) is 7.17. The van der Waals surface area contributed by atoms with Crippen molar-refractivity contribution in [3.05, 3.63) is 41.7 Å². The average Bonchev–Trinajstić information content (AvgIpc) is 3.05. The summed E-state index contributed by atoms with van der Waals surface area (Å²) in [4.78, 5) is 14.6. The Morgan fingerprint density at radius 3 is 2.76 bits per heavy atom. The molecular formula is C19H25N3O3. The van der Waals surface area contributed by atoms with E-state index >= 15 is 0 Å². The molecule has 0 radical (unpaired) electrons. The predicted molar refractivity (Wildman–Crippen MR) is 95.3 cm³/mol. The van der Waals surface area contributed by atoms with Crippen molar-refractivity contribution in [3.63, 3.8) is 0 Å². The van der Waals surface area contributed by atoms with Crippen molar-refractivity contribution >= 4 is 5.91 Å². The summed E-state index contributed by atoms with van der Waals surface area (Å²) in [6.07, 6.45) is 1.65. The smallest absolute Gasteiger partial charge is 0.257 e. The normalized spacial score (nSPS) is 16.1. The molecule has 1 atom stereocenters. The molecule has 25 heavy (non-hydrogen) atoms. The lowest BCUT2D eigenvalue weighted by Gasteiger charge is -2.29. The van der Waals surface area contributed by atoms with E-state index in [1.807, 2.05) is 55.9 Å². The molecule has 0 spiro atoms. The van der Waals surface area contributed by atoms with Crippen LogP contribution >= 0.6 is 0 Å². The molecule has 0 fully saturated rings. The molecular weight excluding hydrogens is 318 g/mol. The van der Waals surface area contributed by atoms with Crippen LogP contribution in [0.4, 0.5) is 0 Å². The Hall–Kier alpha value is -2.50. The largest absolute Gasteiger partial charge is 0.486 e. The van der Waals surface area contributed by atoms with Gasteiger partial charge in [0.2, 0.25) is 0 Å². The molecule has 3 rings (SSSR count). The second-order valence-corrected chi connectivity index (χ2v) is 6.62. The maximum atomic E-state index is 12.9. The third-order valence-corrected chi connectivity index (χ3v) is 4.28. The maximum absolute atomic E-state index is 12.9. The molecule has 0 saturated heterocycles. The summed E-state index contributed by atoms with van der Waals surface area (Å²) >= 11 is 0. The van der Waals surface area contributed by atoms with Gasteiger partial charge in [0.05, 0.1) is 17.8 Å².